The average Bonchev–Trinajstić information content (AvgIpc) is 2.70. The van der Waals surface area contributed by atoms with Crippen LogP contribution in [0.25, 0.3) is 5.65 Å². The van der Waals surface area contributed by atoms with Gasteiger partial charge in [-0.05, 0) is 43.7 Å². The normalized spacial score (nSPS) is 10.8. The summed E-state index contributed by atoms with van der Waals surface area (Å²) >= 11 is 0. The molecule has 0 saturated carbocycles. The summed E-state index contributed by atoms with van der Waals surface area (Å²) in [5.41, 5.74) is 2.78. The van der Waals surface area contributed by atoms with Crippen LogP contribution in [0.4, 0.5) is 0 Å². The molecular formula is C21H22N2O5. The molecule has 28 heavy (non-hydrogen) atoms. The van der Waals surface area contributed by atoms with E-state index in [0.717, 1.165) is 11.1 Å². The second-order valence-corrected chi connectivity index (χ2v) is 6.26. The monoisotopic (exact) mass is 382 g/mol. The van der Waals surface area contributed by atoms with Gasteiger partial charge in [0.2, 0.25) is 0 Å². The molecule has 0 saturated heterocycles. The second kappa shape index (κ2) is 8.67. The number of fused-ring (bicyclic) bond motifs is 1. The SMILES string of the molecule is CCOCc1cc(C(=O)OCc2cc(=O)n3cc(C)ccc3n2)ccc1OC. The third-order valence-electron chi connectivity index (χ3n) is 4.19. The zero-order chi connectivity index (χ0) is 20.1. The molecule has 2 aromatic heterocycles. The summed E-state index contributed by atoms with van der Waals surface area (Å²) in [5, 5.41) is 0. The van der Waals surface area contributed by atoms with E-state index in [-0.39, 0.29) is 12.2 Å². The van der Waals surface area contributed by atoms with Crippen LogP contribution in [0.15, 0.2) is 47.4 Å². The van der Waals surface area contributed by atoms with Gasteiger partial charge in [-0.1, -0.05) is 6.07 Å². The van der Waals surface area contributed by atoms with Crippen molar-refractivity contribution < 1.29 is 19.0 Å². The molecule has 0 bridgehead atoms. The maximum atomic E-state index is 12.4. The Morgan fingerprint density at radius 3 is 2.71 bits per heavy atom. The Bertz CT molecular complexity index is 1060. The van der Waals surface area contributed by atoms with Gasteiger partial charge in [-0.2, -0.15) is 0 Å². The number of aryl methyl sites for hydroxylation is 1. The highest BCUT2D eigenvalue weighted by Crippen LogP contribution is 2.21. The molecule has 0 aliphatic heterocycles. The van der Waals surface area contributed by atoms with Crippen molar-refractivity contribution in [3.63, 3.8) is 0 Å². The molecule has 0 aliphatic rings. The van der Waals surface area contributed by atoms with Gasteiger partial charge in [0.15, 0.2) is 0 Å². The highest BCUT2D eigenvalue weighted by molar-refractivity contribution is 5.89. The third-order valence-corrected chi connectivity index (χ3v) is 4.19. The fourth-order valence-corrected chi connectivity index (χ4v) is 2.79. The van der Waals surface area contributed by atoms with Gasteiger partial charge < -0.3 is 14.2 Å². The second-order valence-electron chi connectivity index (χ2n) is 6.26. The molecule has 0 unspecified atom stereocenters. The standard InChI is InChI=1S/C21H22N2O5/c1-4-27-12-16-9-15(6-7-18(16)26-3)21(25)28-13-17-10-20(24)23-11-14(2)5-8-19(23)22-17/h5-11H,4,12-13H2,1-3H3. The lowest BCUT2D eigenvalue weighted by atomic mass is 10.1. The Kier molecular flexibility index (Phi) is 6.06. The predicted molar refractivity (Wildman–Crippen MR) is 104 cm³/mol. The van der Waals surface area contributed by atoms with Crippen LogP contribution >= 0.6 is 0 Å². The molecule has 7 nitrogen and oxygen atoms in total. The van der Waals surface area contributed by atoms with E-state index in [1.165, 1.54) is 10.5 Å². The van der Waals surface area contributed by atoms with Crippen molar-refractivity contribution in [2.45, 2.75) is 27.1 Å². The molecular weight excluding hydrogens is 360 g/mol. The summed E-state index contributed by atoms with van der Waals surface area (Å²) in [5.74, 6) is 0.135. The largest absolute Gasteiger partial charge is 0.496 e. The van der Waals surface area contributed by atoms with Gasteiger partial charge in [0.05, 0.1) is 25.0 Å². The highest BCUT2D eigenvalue weighted by Gasteiger charge is 2.13. The van der Waals surface area contributed by atoms with Crippen molar-refractivity contribution in [1.29, 1.82) is 0 Å². The van der Waals surface area contributed by atoms with Crippen LogP contribution in [0.1, 0.15) is 34.1 Å². The molecule has 0 atom stereocenters. The smallest absolute Gasteiger partial charge is 0.338 e. The third kappa shape index (κ3) is 4.37. The molecule has 0 N–H and O–H groups in total. The molecule has 0 spiro atoms. The molecule has 146 valence electrons. The Labute approximate surface area is 162 Å². The Balaban J connectivity index is 1.76. The van der Waals surface area contributed by atoms with Gasteiger partial charge >= 0.3 is 5.97 Å². The Morgan fingerprint density at radius 1 is 1.14 bits per heavy atom. The zero-order valence-electron chi connectivity index (χ0n) is 16.1. The number of carbonyl (C=O) groups is 1. The van der Waals surface area contributed by atoms with Crippen LogP contribution in [-0.4, -0.2) is 29.1 Å². The first-order chi connectivity index (χ1) is 13.5. The molecule has 0 radical (unpaired) electrons. The van der Waals surface area contributed by atoms with E-state index in [4.69, 9.17) is 14.2 Å². The minimum atomic E-state index is -0.508. The first-order valence-electron chi connectivity index (χ1n) is 8.92. The fourth-order valence-electron chi connectivity index (χ4n) is 2.79. The maximum Gasteiger partial charge on any atom is 0.338 e. The lowest BCUT2D eigenvalue weighted by molar-refractivity contribution is 0.0467. The van der Waals surface area contributed by atoms with Gasteiger partial charge in [0, 0.05) is 24.4 Å². The van der Waals surface area contributed by atoms with E-state index >= 15 is 0 Å². The van der Waals surface area contributed by atoms with Crippen LogP contribution in [0.2, 0.25) is 0 Å². The summed E-state index contributed by atoms with van der Waals surface area (Å²) in [7, 11) is 1.56. The number of carbonyl (C=O) groups excluding carboxylic acids is 1. The molecule has 0 amide bonds. The van der Waals surface area contributed by atoms with Crippen LogP contribution in [-0.2, 0) is 22.7 Å². The Morgan fingerprint density at radius 2 is 1.96 bits per heavy atom. The number of hydrogen-bond donors (Lipinski definition) is 0. The average molecular weight is 382 g/mol. The number of methoxy groups -OCH3 is 1. The number of rotatable bonds is 7. The predicted octanol–water partition coefficient (Wildman–Crippen LogP) is 2.91. The van der Waals surface area contributed by atoms with E-state index in [9.17, 15) is 9.59 Å². The molecule has 7 heteroatoms. The maximum absolute atomic E-state index is 12.4. The summed E-state index contributed by atoms with van der Waals surface area (Å²) in [6.07, 6.45) is 1.72. The van der Waals surface area contributed by atoms with Crippen molar-refractivity contribution in [1.82, 2.24) is 9.38 Å². The van der Waals surface area contributed by atoms with Crippen molar-refractivity contribution in [2.24, 2.45) is 0 Å². The number of benzene rings is 1. The topological polar surface area (TPSA) is 79.1 Å². The summed E-state index contributed by atoms with van der Waals surface area (Å²) in [4.78, 5) is 29.0. The lowest BCUT2D eigenvalue weighted by Gasteiger charge is -2.11. The minimum absolute atomic E-state index is 0.0920. The van der Waals surface area contributed by atoms with Crippen molar-refractivity contribution in [2.75, 3.05) is 13.7 Å². The number of hydrogen-bond acceptors (Lipinski definition) is 6. The first kappa shape index (κ1) is 19.6. The van der Waals surface area contributed by atoms with E-state index in [0.29, 0.717) is 35.9 Å². The number of pyridine rings is 1. The fraction of sp³-hybridized carbons (Fsp3) is 0.286. The summed E-state index contributed by atoms with van der Waals surface area (Å²) in [6, 6.07) is 10.0. The molecule has 3 aromatic rings. The number of nitrogens with zero attached hydrogens (tertiary/aromatic N) is 2. The van der Waals surface area contributed by atoms with Gasteiger partial charge in [0.1, 0.15) is 18.0 Å². The molecule has 0 fully saturated rings. The molecule has 2 heterocycles. The zero-order valence-corrected chi connectivity index (χ0v) is 16.1. The van der Waals surface area contributed by atoms with Crippen LogP contribution < -0.4 is 10.3 Å². The molecule has 3 rings (SSSR count). The van der Waals surface area contributed by atoms with Crippen molar-refractivity contribution >= 4 is 11.6 Å². The van der Waals surface area contributed by atoms with Crippen LogP contribution in [0.5, 0.6) is 5.75 Å². The van der Waals surface area contributed by atoms with Gasteiger partial charge in [-0.25, -0.2) is 9.78 Å². The highest BCUT2D eigenvalue weighted by atomic mass is 16.5. The van der Waals surface area contributed by atoms with E-state index in [2.05, 4.69) is 4.98 Å². The first-order valence-corrected chi connectivity index (χ1v) is 8.92. The molecule has 0 aliphatic carbocycles. The number of ether oxygens (including phenoxy) is 3. The van der Waals surface area contributed by atoms with Crippen molar-refractivity contribution in [3.8, 4) is 5.75 Å². The van der Waals surface area contributed by atoms with E-state index < -0.39 is 5.97 Å². The minimum Gasteiger partial charge on any atom is -0.496 e. The molecule has 1 aromatic carbocycles. The van der Waals surface area contributed by atoms with Gasteiger partial charge in [0.25, 0.3) is 5.56 Å². The summed E-state index contributed by atoms with van der Waals surface area (Å²) < 4.78 is 17.5. The van der Waals surface area contributed by atoms with E-state index in [1.807, 2.05) is 19.9 Å². The van der Waals surface area contributed by atoms with Gasteiger partial charge in [-0.3, -0.25) is 9.20 Å². The quantitative estimate of drug-likeness (QED) is 0.585. The van der Waals surface area contributed by atoms with Crippen LogP contribution in [0, 0.1) is 6.92 Å². The van der Waals surface area contributed by atoms with E-state index in [1.54, 1.807) is 37.6 Å². The van der Waals surface area contributed by atoms with Crippen molar-refractivity contribution in [3.05, 3.63) is 75.3 Å². The number of aromatic nitrogens is 2. The van der Waals surface area contributed by atoms with Crippen LogP contribution in [0.3, 0.4) is 0 Å². The Hall–Kier alpha value is -3.19. The van der Waals surface area contributed by atoms with Gasteiger partial charge in [-0.15, -0.1) is 0 Å². The number of esters is 1. The summed E-state index contributed by atoms with van der Waals surface area (Å²) in [6.45, 7) is 4.59. The lowest BCUT2D eigenvalue weighted by Crippen LogP contribution is -2.17.